The van der Waals surface area contributed by atoms with Crippen LogP contribution in [0.4, 0.5) is 4.79 Å². The molecule has 138 valence electrons. The first-order valence-electron chi connectivity index (χ1n) is 8.23. The molecule has 1 fully saturated rings. The van der Waals surface area contributed by atoms with E-state index in [1.165, 1.54) is 12.1 Å². The predicted octanol–water partition coefficient (Wildman–Crippen LogP) is 3.81. The lowest BCUT2D eigenvalue weighted by Gasteiger charge is -2.13. The molecule has 27 heavy (non-hydrogen) atoms. The number of imide groups is 1. The average molecular weight is 383 g/mol. The fraction of sp³-hybridized carbons (Fsp3) is 0.150. The quantitative estimate of drug-likeness (QED) is 0.764. The number of carbonyl (C=O) groups excluding carboxylic acids is 2. The van der Waals surface area contributed by atoms with Crippen LogP contribution >= 0.6 is 11.8 Å². The Balaban J connectivity index is 1.69. The second-order valence-corrected chi connectivity index (χ2v) is 6.88. The van der Waals surface area contributed by atoms with Crippen LogP contribution in [0.25, 0.3) is 6.08 Å². The number of ether oxygens (including phenoxy) is 1. The van der Waals surface area contributed by atoms with Gasteiger partial charge in [0.2, 0.25) is 0 Å². The molecule has 0 unspecified atom stereocenters. The molecule has 2 aromatic rings. The fourth-order valence-corrected chi connectivity index (χ4v) is 3.47. The first kappa shape index (κ1) is 18.7. The Bertz CT molecular complexity index is 937. The lowest BCUT2D eigenvalue weighted by molar-refractivity contribution is -0.123. The van der Waals surface area contributed by atoms with E-state index >= 15 is 0 Å². The predicted molar refractivity (Wildman–Crippen MR) is 103 cm³/mol. The minimum absolute atomic E-state index is 0.0760. The van der Waals surface area contributed by atoms with Gasteiger partial charge in [-0.1, -0.05) is 30.3 Å². The number of aryl methyl sites for hydroxylation is 1. The molecule has 7 heteroatoms. The molecule has 1 heterocycles. The highest BCUT2D eigenvalue weighted by molar-refractivity contribution is 8.18. The van der Waals surface area contributed by atoms with Gasteiger partial charge < -0.3 is 9.84 Å². The molecule has 6 nitrogen and oxygen atoms in total. The lowest BCUT2D eigenvalue weighted by atomic mass is 10.1. The third-order valence-electron chi connectivity index (χ3n) is 3.92. The van der Waals surface area contributed by atoms with Crippen molar-refractivity contribution in [2.45, 2.75) is 6.92 Å². The Morgan fingerprint density at radius 2 is 1.96 bits per heavy atom. The topological polar surface area (TPSA) is 83.9 Å². The van der Waals surface area contributed by atoms with Crippen LogP contribution in [0.2, 0.25) is 0 Å². The molecule has 1 N–H and O–H groups in total. The van der Waals surface area contributed by atoms with Gasteiger partial charge in [-0.2, -0.15) is 0 Å². The number of aromatic carboxylic acids is 1. The number of hydrogen-bond acceptors (Lipinski definition) is 5. The molecule has 2 amide bonds. The monoisotopic (exact) mass is 383 g/mol. The second kappa shape index (κ2) is 8.09. The van der Waals surface area contributed by atoms with E-state index in [0.29, 0.717) is 11.3 Å². The summed E-state index contributed by atoms with van der Waals surface area (Å²) in [5, 5.41) is 8.84. The number of carboxylic acids is 1. The summed E-state index contributed by atoms with van der Waals surface area (Å²) in [7, 11) is 0. The minimum atomic E-state index is -1.09. The van der Waals surface area contributed by atoms with E-state index in [4.69, 9.17) is 4.74 Å². The van der Waals surface area contributed by atoms with E-state index < -0.39 is 17.1 Å². The van der Waals surface area contributed by atoms with Crippen molar-refractivity contribution < 1.29 is 24.2 Å². The molecule has 0 spiro atoms. The maximum atomic E-state index is 12.5. The number of nitrogens with zero attached hydrogens (tertiary/aromatic N) is 1. The largest absolute Gasteiger partial charge is 0.492 e. The average Bonchev–Trinajstić information content (AvgIpc) is 2.89. The van der Waals surface area contributed by atoms with Gasteiger partial charge in [-0.15, -0.1) is 0 Å². The molecule has 0 aromatic heterocycles. The molecule has 1 saturated heterocycles. The Labute approximate surface area is 160 Å². The first-order chi connectivity index (χ1) is 13.0. The Morgan fingerprint density at radius 1 is 1.19 bits per heavy atom. The summed E-state index contributed by atoms with van der Waals surface area (Å²) >= 11 is 0.796. The fourth-order valence-electron chi connectivity index (χ4n) is 2.61. The Hall–Kier alpha value is -3.06. The molecular formula is C20H17NO5S. The first-order valence-corrected chi connectivity index (χ1v) is 9.04. The molecule has 0 radical (unpaired) electrons. The SMILES string of the molecule is Cc1cccc(OCCN2C(=O)S/C(=C\c3ccccc3C(=O)O)C2=O)c1. The zero-order valence-corrected chi connectivity index (χ0v) is 15.4. The van der Waals surface area contributed by atoms with Crippen molar-refractivity contribution in [3.8, 4) is 5.75 Å². The highest BCUT2D eigenvalue weighted by atomic mass is 32.2. The van der Waals surface area contributed by atoms with E-state index in [9.17, 15) is 19.5 Å². The highest BCUT2D eigenvalue weighted by Gasteiger charge is 2.35. The standard InChI is InChI=1S/C20H17NO5S/c1-13-5-4-7-15(11-13)26-10-9-21-18(22)17(27-20(21)25)12-14-6-2-3-8-16(14)19(23)24/h2-8,11-12H,9-10H2,1H3,(H,23,24)/b17-12-. The molecule has 0 atom stereocenters. The maximum absolute atomic E-state index is 12.5. The summed E-state index contributed by atoms with van der Waals surface area (Å²) in [5.74, 6) is -0.862. The third kappa shape index (κ3) is 4.38. The van der Waals surface area contributed by atoms with Crippen molar-refractivity contribution in [2.75, 3.05) is 13.2 Å². The van der Waals surface area contributed by atoms with Gasteiger partial charge in [0, 0.05) is 0 Å². The summed E-state index contributed by atoms with van der Waals surface area (Å²) in [6.45, 7) is 2.25. The van der Waals surface area contributed by atoms with E-state index in [1.807, 2.05) is 31.2 Å². The summed E-state index contributed by atoms with van der Waals surface area (Å²) in [4.78, 5) is 37.3. The number of amides is 2. The van der Waals surface area contributed by atoms with Crippen molar-refractivity contribution >= 4 is 35.0 Å². The molecule has 1 aliphatic rings. The van der Waals surface area contributed by atoms with E-state index in [1.54, 1.807) is 18.2 Å². The number of carboxylic acid groups (broad SMARTS) is 1. The minimum Gasteiger partial charge on any atom is -0.492 e. The zero-order chi connectivity index (χ0) is 19.4. The van der Waals surface area contributed by atoms with Gasteiger partial charge in [0.15, 0.2) is 0 Å². The lowest BCUT2D eigenvalue weighted by Crippen LogP contribution is -2.32. The molecule has 1 aliphatic heterocycles. The molecule has 0 bridgehead atoms. The number of benzene rings is 2. The summed E-state index contributed by atoms with van der Waals surface area (Å²) in [5.41, 5.74) is 1.51. The highest BCUT2D eigenvalue weighted by Crippen LogP contribution is 2.32. The Morgan fingerprint density at radius 3 is 2.70 bits per heavy atom. The van der Waals surface area contributed by atoms with Crippen LogP contribution in [0.3, 0.4) is 0 Å². The van der Waals surface area contributed by atoms with Crippen molar-refractivity contribution in [1.29, 1.82) is 0 Å². The summed E-state index contributed by atoms with van der Waals surface area (Å²) < 4.78 is 5.60. The van der Waals surface area contributed by atoms with Crippen LogP contribution in [0.1, 0.15) is 21.5 Å². The molecule has 3 rings (SSSR count). The normalized spacial score (nSPS) is 15.4. The van der Waals surface area contributed by atoms with Crippen LogP contribution in [0.15, 0.2) is 53.4 Å². The van der Waals surface area contributed by atoms with Crippen molar-refractivity contribution in [3.63, 3.8) is 0 Å². The van der Waals surface area contributed by atoms with E-state index in [-0.39, 0.29) is 23.6 Å². The van der Waals surface area contributed by atoms with E-state index in [0.717, 1.165) is 22.2 Å². The van der Waals surface area contributed by atoms with Gasteiger partial charge in [0.05, 0.1) is 17.0 Å². The van der Waals surface area contributed by atoms with Gasteiger partial charge in [-0.3, -0.25) is 14.5 Å². The maximum Gasteiger partial charge on any atom is 0.336 e. The molecule has 2 aromatic carbocycles. The van der Waals surface area contributed by atoms with Gasteiger partial charge >= 0.3 is 5.97 Å². The van der Waals surface area contributed by atoms with Crippen molar-refractivity contribution in [2.24, 2.45) is 0 Å². The number of thioether (sulfide) groups is 1. The van der Waals surface area contributed by atoms with Crippen LogP contribution in [0, 0.1) is 6.92 Å². The third-order valence-corrected chi connectivity index (χ3v) is 4.83. The van der Waals surface area contributed by atoms with Crippen LogP contribution < -0.4 is 4.74 Å². The second-order valence-electron chi connectivity index (χ2n) is 5.89. The summed E-state index contributed by atoms with van der Waals surface area (Å²) in [6, 6.07) is 13.8. The van der Waals surface area contributed by atoms with Gasteiger partial charge in [0.25, 0.3) is 11.1 Å². The van der Waals surface area contributed by atoms with Gasteiger partial charge in [0.1, 0.15) is 12.4 Å². The molecule has 0 saturated carbocycles. The molecular weight excluding hydrogens is 366 g/mol. The Kier molecular flexibility index (Phi) is 5.61. The molecule has 0 aliphatic carbocycles. The van der Waals surface area contributed by atoms with Gasteiger partial charge in [-0.25, -0.2) is 4.79 Å². The van der Waals surface area contributed by atoms with Crippen molar-refractivity contribution in [1.82, 2.24) is 4.90 Å². The number of carbonyl (C=O) groups is 3. The van der Waals surface area contributed by atoms with Crippen molar-refractivity contribution in [3.05, 3.63) is 70.1 Å². The number of hydrogen-bond donors (Lipinski definition) is 1. The zero-order valence-electron chi connectivity index (χ0n) is 14.5. The van der Waals surface area contributed by atoms with Crippen LogP contribution in [0.5, 0.6) is 5.75 Å². The van der Waals surface area contributed by atoms with Gasteiger partial charge in [-0.05, 0) is 54.1 Å². The van der Waals surface area contributed by atoms with E-state index in [2.05, 4.69) is 0 Å². The smallest absolute Gasteiger partial charge is 0.336 e. The van der Waals surface area contributed by atoms with Crippen LogP contribution in [-0.2, 0) is 4.79 Å². The van der Waals surface area contributed by atoms with Crippen LogP contribution in [-0.4, -0.2) is 40.3 Å². The number of rotatable bonds is 6. The summed E-state index contributed by atoms with van der Waals surface area (Å²) in [6.07, 6.45) is 1.44.